The van der Waals surface area contributed by atoms with Gasteiger partial charge < -0.3 is 10.1 Å². The first-order valence-electron chi connectivity index (χ1n) is 6.16. The van der Waals surface area contributed by atoms with Crippen molar-refractivity contribution in [1.29, 1.82) is 0 Å². The molecule has 0 aliphatic rings. The van der Waals surface area contributed by atoms with Gasteiger partial charge in [0.1, 0.15) is 5.75 Å². The number of methoxy groups -OCH3 is 1. The third-order valence-electron chi connectivity index (χ3n) is 2.96. The molecule has 104 valence electrons. The molecule has 0 aliphatic carbocycles. The van der Waals surface area contributed by atoms with E-state index in [-0.39, 0.29) is 11.9 Å². The van der Waals surface area contributed by atoms with Crippen LogP contribution in [0, 0.1) is 0 Å². The van der Waals surface area contributed by atoms with Crippen LogP contribution < -0.4 is 10.1 Å². The van der Waals surface area contributed by atoms with E-state index in [2.05, 4.69) is 10.3 Å². The third-order valence-corrected chi connectivity index (χ3v) is 3.26. The van der Waals surface area contributed by atoms with Gasteiger partial charge in [-0.3, -0.25) is 9.78 Å². The Morgan fingerprint density at radius 3 is 2.90 bits per heavy atom. The first-order valence-corrected chi connectivity index (χ1v) is 6.54. The molecule has 1 unspecified atom stereocenters. The lowest BCUT2D eigenvalue weighted by molar-refractivity contribution is 0.0940. The lowest BCUT2D eigenvalue weighted by atomic mass is 10.1. The fraction of sp³-hybridized carbons (Fsp3) is 0.200. The zero-order valence-electron chi connectivity index (χ0n) is 11.3. The van der Waals surface area contributed by atoms with E-state index in [9.17, 15) is 4.79 Å². The highest BCUT2D eigenvalue weighted by molar-refractivity contribution is 6.33. The Hall–Kier alpha value is -2.07. The number of benzene rings is 1. The molecule has 0 spiro atoms. The lowest BCUT2D eigenvalue weighted by Crippen LogP contribution is -2.26. The van der Waals surface area contributed by atoms with E-state index in [1.54, 1.807) is 13.2 Å². The normalized spacial score (nSPS) is 11.8. The molecular formula is C15H15ClN2O2. The van der Waals surface area contributed by atoms with Crippen molar-refractivity contribution in [2.75, 3.05) is 7.11 Å². The van der Waals surface area contributed by atoms with Crippen LogP contribution in [0.4, 0.5) is 0 Å². The minimum Gasteiger partial charge on any atom is -0.497 e. The Morgan fingerprint density at radius 2 is 2.20 bits per heavy atom. The molecule has 1 aromatic carbocycles. The number of hydrogen-bond donors (Lipinski definition) is 1. The molecule has 1 atom stereocenters. The number of ether oxygens (including phenoxy) is 1. The highest BCUT2D eigenvalue weighted by Gasteiger charge is 2.14. The van der Waals surface area contributed by atoms with Gasteiger partial charge in [-0.25, -0.2) is 0 Å². The molecule has 0 radical (unpaired) electrons. The van der Waals surface area contributed by atoms with Gasteiger partial charge in [0.2, 0.25) is 0 Å². The average Bonchev–Trinajstić information content (AvgIpc) is 2.47. The summed E-state index contributed by atoms with van der Waals surface area (Å²) in [4.78, 5) is 16.0. The van der Waals surface area contributed by atoms with Crippen molar-refractivity contribution >= 4 is 17.5 Å². The van der Waals surface area contributed by atoms with Gasteiger partial charge in [0, 0.05) is 12.4 Å². The quantitative estimate of drug-likeness (QED) is 0.940. The van der Waals surface area contributed by atoms with E-state index >= 15 is 0 Å². The van der Waals surface area contributed by atoms with Gasteiger partial charge in [0.25, 0.3) is 5.91 Å². The molecule has 1 heterocycles. The predicted octanol–water partition coefficient (Wildman–Crippen LogP) is 3.23. The van der Waals surface area contributed by atoms with Gasteiger partial charge in [0.05, 0.1) is 23.7 Å². The molecule has 2 aromatic rings. The van der Waals surface area contributed by atoms with Crippen LogP contribution in [0.1, 0.15) is 28.9 Å². The maximum atomic E-state index is 12.1. The molecule has 20 heavy (non-hydrogen) atoms. The Bertz CT molecular complexity index is 616. The van der Waals surface area contributed by atoms with Crippen molar-refractivity contribution < 1.29 is 9.53 Å². The van der Waals surface area contributed by atoms with Crippen LogP contribution in [0.5, 0.6) is 5.75 Å². The summed E-state index contributed by atoms with van der Waals surface area (Å²) in [6.07, 6.45) is 2.99. The van der Waals surface area contributed by atoms with Crippen LogP contribution in [-0.2, 0) is 0 Å². The minimum absolute atomic E-state index is 0.151. The van der Waals surface area contributed by atoms with Gasteiger partial charge in [-0.05, 0) is 30.7 Å². The van der Waals surface area contributed by atoms with Crippen LogP contribution in [0.15, 0.2) is 42.7 Å². The fourth-order valence-corrected chi connectivity index (χ4v) is 2.03. The number of carbonyl (C=O) groups excluding carboxylic acids is 1. The van der Waals surface area contributed by atoms with Crippen molar-refractivity contribution in [2.45, 2.75) is 13.0 Å². The van der Waals surface area contributed by atoms with Gasteiger partial charge in [-0.15, -0.1) is 0 Å². The van der Waals surface area contributed by atoms with Gasteiger partial charge in [0.15, 0.2) is 0 Å². The number of nitrogens with one attached hydrogen (secondary N) is 1. The Balaban J connectivity index is 2.13. The van der Waals surface area contributed by atoms with E-state index in [4.69, 9.17) is 16.3 Å². The summed E-state index contributed by atoms with van der Waals surface area (Å²) in [6, 6.07) is 9.01. The number of halogens is 1. The number of nitrogens with zero attached hydrogens (tertiary/aromatic N) is 1. The van der Waals surface area contributed by atoms with Gasteiger partial charge in [-0.1, -0.05) is 23.7 Å². The fourth-order valence-electron chi connectivity index (χ4n) is 1.83. The van der Waals surface area contributed by atoms with Crippen molar-refractivity contribution in [3.05, 3.63) is 58.9 Å². The predicted molar refractivity (Wildman–Crippen MR) is 78.1 cm³/mol. The molecule has 0 aliphatic heterocycles. The zero-order valence-corrected chi connectivity index (χ0v) is 12.0. The smallest absolute Gasteiger partial charge is 0.253 e. The number of carbonyl (C=O) groups is 1. The Labute approximate surface area is 122 Å². The van der Waals surface area contributed by atoms with E-state index in [0.29, 0.717) is 10.6 Å². The lowest BCUT2D eigenvalue weighted by Gasteiger charge is -2.15. The summed E-state index contributed by atoms with van der Waals surface area (Å²) < 4.78 is 5.17. The molecule has 0 fully saturated rings. The molecule has 4 nitrogen and oxygen atoms in total. The Kier molecular flexibility index (Phi) is 4.58. The molecule has 1 amide bonds. The van der Waals surface area contributed by atoms with E-state index in [1.165, 1.54) is 12.4 Å². The van der Waals surface area contributed by atoms with Crippen LogP contribution in [0.2, 0.25) is 5.02 Å². The molecule has 0 bridgehead atoms. The van der Waals surface area contributed by atoms with Crippen LogP contribution in [-0.4, -0.2) is 18.0 Å². The van der Waals surface area contributed by atoms with Crippen molar-refractivity contribution in [3.63, 3.8) is 0 Å². The summed E-state index contributed by atoms with van der Waals surface area (Å²) in [5.74, 6) is 0.526. The summed E-state index contributed by atoms with van der Waals surface area (Å²) in [7, 11) is 1.61. The van der Waals surface area contributed by atoms with Crippen molar-refractivity contribution in [3.8, 4) is 5.75 Å². The maximum absolute atomic E-state index is 12.1. The third kappa shape index (κ3) is 3.27. The summed E-state index contributed by atoms with van der Waals surface area (Å²) in [5.41, 5.74) is 1.37. The summed E-state index contributed by atoms with van der Waals surface area (Å²) in [6.45, 7) is 1.90. The molecule has 2 rings (SSSR count). The van der Waals surface area contributed by atoms with Crippen LogP contribution >= 0.6 is 11.6 Å². The van der Waals surface area contributed by atoms with E-state index in [1.807, 2.05) is 31.2 Å². The van der Waals surface area contributed by atoms with Crippen molar-refractivity contribution in [1.82, 2.24) is 10.3 Å². The second kappa shape index (κ2) is 6.39. The van der Waals surface area contributed by atoms with E-state index in [0.717, 1.165) is 11.3 Å². The minimum atomic E-state index is -0.229. The number of pyridine rings is 1. The van der Waals surface area contributed by atoms with Crippen molar-refractivity contribution in [2.24, 2.45) is 0 Å². The standard InChI is InChI=1S/C15H15ClN2O2/c1-10(11-4-3-5-12(8-11)20-2)18-15(19)13-6-7-17-9-14(13)16/h3-10H,1-2H3,(H,18,19). The first-order chi connectivity index (χ1) is 9.61. The molecule has 5 heteroatoms. The number of rotatable bonds is 4. The van der Waals surface area contributed by atoms with Crippen LogP contribution in [0.25, 0.3) is 0 Å². The Morgan fingerprint density at radius 1 is 1.40 bits per heavy atom. The summed E-state index contributed by atoms with van der Waals surface area (Å²) in [5, 5.41) is 3.23. The van der Waals surface area contributed by atoms with Crippen LogP contribution in [0.3, 0.4) is 0 Å². The number of amides is 1. The topological polar surface area (TPSA) is 51.2 Å². The molecule has 0 saturated carbocycles. The highest BCUT2D eigenvalue weighted by Crippen LogP contribution is 2.20. The molecule has 0 saturated heterocycles. The average molecular weight is 291 g/mol. The second-order valence-electron chi connectivity index (χ2n) is 4.33. The first kappa shape index (κ1) is 14.3. The van der Waals surface area contributed by atoms with Gasteiger partial charge in [-0.2, -0.15) is 0 Å². The van der Waals surface area contributed by atoms with Gasteiger partial charge >= 0.3 is 0 Å². The van der Waals surface area contributed by atoms with E-state index < -0.39 is 0 Å². The second-order valence-corrected chi connectivity index (χ2v) is 4.73. The maximum Gasteiger partial charge on any atom is 0.253 e. The highest BCUT2D eigenvalue weighted by atomic mass is 35.5. The number of aromatic nitrogens is 1. The molecular weight excluding hydrogens is 276 g/mol. The molecule has 1 N–H and O–H groups in total. The summed E-state index contributed by atoms with van der Waals surface area (Å²) >= 11 is 5.95. The number of hydrogen-bond acceptors (Lipinski definition) is 3. The largest absolute Gasteiger partial charge is 0.497 e. The molecule has 1 aromatic heterocycles. The zero-order chi connectivity index (χ0) is 14.5. The SMILES string of the molecule is COc1cccc(C(C)NC(=O)c2ccncc2Cl)c1. The monoisotopic (exact) mass is 290 g/mol.